The van der Waals surface area contributed by atoms with Gasteiger partial charge in [0.1, 0.15) is 5.65 Å². The largest absolute Gasteiger partial charge is 0.354 e. The maximum Gasteiger partial charge on any atom is 0.354 e. The molecule has 4 heterocycles. The first kappa shape index (κ1) is 30.3. The summed E-state index contributed by atoms with van der Waals surface area (Å²) in [4.78, 5) is 20.5. The zero-order chi connectivity index (χ0) is 30.6. The molecule has 230 valence electrons. The third-order valence-electron chi connectivity index (χ3n) is 8.76. The van der Waals surface area contributed by atoms with Crippen LogP contribution in [-0.2, 0) is 12.8 Å². The van der Waals surface area contributed by atoms with Crippen molar-refractivity contribution >= 4 is 22.6 Å². The molecule has 2 aromatic carbocycles. The second-order valence-electron chi connectivity index (χ2n) is 12.5. The van der Waals surface area contributed by atoms with Crippen LogP contribution < -0.4 is 11.0 Å². The van der Waals surface area contributed by atoms with E-state index in [9.17, 15) is 4.79 Å². The number of nitrogens with one attached hydrogen (secondary N) is 3. The molecule has 0 unspecified atom stereocenters. The molecule has 0 bridgehead atoms. The first-order valence-corrected chi connectivity index (χ1v) is 16.2. The van der Waals surface area contributed by atoms with Gasteiger partial charge >= 0.3 is 5.69 Å². The number of hydrogen-bond acceptors (Lipinski definition) is 4. The van der Waals surface area contributed by atoms with Crippen LogP contribution in [-0.4, -0.2) is 30.8 Å². The van der Waals surface area contributed by atoms with Gasteiger partial charge in [0.15, 0.2) is 5.82 Å². The molecule has 1 aliphatic heterocycles. The normalized spacial score (nSPS) is 17.1. The highest BCUT2D eigenvalue weighted by molar-refractivity contribution is 6.31. The second-order valence-corrected chi connectivity index (χ2v) is 13.0. The fourth-order valence-corrected chi connectivity index (χ4v) is 6.61. The third-order valence-corrected chi connectivity index (χ3v) is 9.04. The van der Waals surface area contributed by atoms with Crippen molar-refractivity contribution in [2.75, 3.05) is 0 Å². The molecule has 1 fully saturated rings. The molecule has 5 aromatic rings. The maximum atomic E-state index is 15.2. The van der Waals surface area contributed by atoms with E-state index in [0.29, 0.717) is 34.9 Å². The summed E-state index contributed by atoms with van der Waals surface area (Å²) in [6.45, 7) is 4.39. The van der Waals surface area contributed by atoms with Crippen molar-refractivity contribution in [3.63, 3.8) is 0 Å². The van der Waals surface area contributed by atoms with Gasteiger partial charge in [0, 0.05) is 35.4 Å². The van der Waals surface area contributed by atoms with Crippen LogP contribution in [0, 0.1) is 11.7 Å². The highest BCUT2D eigenvalue weighted by Gasteiger charge is 2.22. The van der Waals surface area contributed by atoms with Gasteiger partial charge in [-0.15, -0.1) is 0 Å². The van der Waals surface area contributed by atoms with Gasteiger partial charge in [-0.05, 0) is 97.9 Å². The van der Waals surface area contributed by atoms with Gasteiger partial charge in [0.25, 0.3) is 0 Å². The van der Waals surface area contributed by atoms with Crippen LogP contribution in [0.3, 0.4) is 0 Å². The predicted molar refractivity (Wildman–Crippen MR) is 175 cm³/mol. The van der Waals surface area contributed by atoms with Crippen LogP contribution in [0.4, 0.5) is 4.39 Å². The Morgan fingerprint density at radius 3 is 2.66 bits per heavy atom. The molecule has 7 nitrogen and oxygen atoms in total. The van der Waals surface area contributed by atoms with Gasteiger partial charge in [-0.1, -0.05) is 50.4 Å². The van der Waals surface area contributed by atoms with E-state index in [-0.39, 0.29) is 5.02 Å². The molecule has 2 atom stereocenters. The Labute approximate surface area is 262 Å². The fraction of sp³-hybridized carbons (Fsp3) is 0.400. The molecule has 1 aliphatic rings. The van der Waals surface area contributed by atoms with Crippen LogP contribution in [0.15, 0.2) is 65.8 Å². The number of halogens is 2. The topological polar surface area (TPSA) is 91.4 Å². The lowest BCUT2D eigenvalue weighted by Gasteiger charge is -2.31. The van der Waals surface area contributed by atoms with E-state index in [2.05, 4.69) is 51.5 Å². The van der Waals surface area contributed by atoms with Crippen molar-refractivity contribution in [2.45, 2.75) is 83.7 Å². The molecule has 44 heavy (non-hydrogen) atoms. The van der Waals surface area contributed by atoms with Gasteiger partial charge in [-0.25, -0.2) is 9.18 Å². The molecule has 0 spiro atoms. The molecular weight excluding hydrogens is 575 g/mol. The number of rotatable bonds is 11. The number of piperidine rings is 1. The molecule has 0 amide bonds. The van der Waals surface area contributed by atoms with E-state index < -0.39 is 11.5 Å². The summed E-state index contributed by atoms with van der Waals surface area (Å²) in [6, 6.07) is 14.3. The number of aromatic nitrogens is 5. The number of benzene rings is 2. The summed E-state index contributed by atoms with van der Waals surface area (Å²) in [7, 11) is 0. The van der Waals surface area contributed by atoms with Crippen LogP contribution in [0.1, 0.15) is 81.5 Å². The first-order valence-electron chi connectivity index (χ1n) is 15.8. The molecule has 9 heteroatoms. The Kier molecular flexibility index (Phi) is 9.28. The maximum absolute atomic E-state index is 15.2. The molecule has 0 saturated carbocycles. The van der Waals surface area contributed by atoms with Gasteiger partial charge in [0.05, 0.1) is 22.6 Å². The molecule has 3 aromatic heterocycles. The molecule has 0 radical (unpaired) electrons. The minimum absolute atomic E-state index is 0.0985. The second kappa shape index (κ2) is 13.5. The molecule has 6 rings (SSSR count). The summed E-state index contributed by atoms with van der Waals surface area (Å²) in [5.74, 6) is 0.132. The van der Waals surface area contributed by atoms with Gasteiger partial charge in [-0.2, -0.15) is 10.1 Å². The Morgan fingerprint density at radius 1 is 1.07 bits per heavy atom. The summed E-state index contributed by atoms with van der Waals surface area (Å²) < 4.78 is 16.7. The van der Waals surface area contributed by atoms with Gasteiger partial charge < -0.3 is 10.3 Å². The lowest BCUT2D eigenvalue weighted by Crippen LogP contribution is -2.36. The van der Waals surface area contributed by atoms with Crippen molar-refractivity contribution in [2.24, 2.45) is 5.92 Å². The number of fused-ring (bicyclic) bond motifs is 1. The lowest BCUT2D eigenvalue weighted by atomic mass is 9.91. The predicted octanol–water partition coefficient (Wildman–Crippen LogP) is 8.08. The monoisotopic (exact) mass is 614 g/mol. The van der Waals surface area contributed by atoms with E-state index in [4.69, 9.17) is 11.6 Å². The van der Waals surface area contributed by atoms with E-state index in [0.717, 1.165) is 61.6 Å². The number of H-pyrrole nitrogens is 2. The van der Waals surface area contributed by atoms with E-state index >= 15 is 4.39 Å². The van der Waals surface area contributed by atoms with Crippen molar-refractivity contribution in [1.29, 1.82) is 0 Å². The zero-order valence-electron chi connectivity index (χ0n) is 25.4. The molecule has 3 N–H and O–H groups in total. The van der Waals surface area contributed by atoms with Crippen LogP contribution in [0.2, 0.25) is 5.02 Å². The third kappa shape index (κ3) is 6.97. The number of hydrogen-bond donors (Lipinski definition) is 3. The van der Waals surface area contributed by atoms with Gasteiger partial charge in [0.2, 0.25) is 0 Å². The Hall–Kier alpha value is -3.75. The smallest absolute Gasteiger partial charge is 0.339 e. The summed E-state index contributed by atoms with van der Waals surface area (Å²) in [5.41, 5.74) is 5.17. The Balaban J connectivity index is 1.17. The van der Waals surface area contributed by atoms with Crippen LogP contribution >= 0.6 is 11.6 Å². The van der Waals surface area contributed by atoms with Crippen molar-refractivity contribution in [3.05, 3.63) is 99.1 Å². The number of aryl methyl sites for hydroxylation is 2. The fourth-order valence-electron chi connectivity index (χ4n) is 6.37. The summed E-state index contributed by atoms with van der Waals surface area (Å²) >= 11 is 6.29. The first-order chi connectivity index (χ1) is 21.3. The van der Waals surface area contributed by atoms with Gasteiger partial charge in [-0.3, -0.25) is 9.67 Å². The highest BCUT2D eigenvalue weighted by atomic mass is 35.5. The SMILES string of the molecule is CC(C)CCCc1cc(Cl)c(F)c(-c2cc3cn(-c4ccc([C@@H]5CCC[C@@H](CCCc6cn[nH]c6)N5)cc4)c(=O)nc3[nH]2)c1. The standard InChI is InChI=1S/C35H40ClFN6O/c1-22(2)6-3-7-23-16-29(33(37)30(36)17-23)32-18-26-21-43(35(44)42-34(26)41-32)28-14-12-25(13-15-28)31-11-5-10-27(40-31)9-4-8-24-19-38-39-20-24/h12-22,27,31,40H,3-11H2,1-2H3,(H,38,39)(H,41,42,44)/t27-,31+/m1/s1. The molecule has 1 saturated heterocycles. The highest BCUT2D eigenvalue weighted by Crippen LogP contribution is 2.32. The average Bonchev–Trinajstić information content (AvgIpc) is 3.68. The van der Waals surface area contributed by atoms with Crippen molar-refractivity contribution < 1.29 is 4.39 Å². The van der Waals surface area contributed by atoms with Crippen LogP contribution in [0.25, 0.3) is 28.0 Å². The Bertz CT molecular complexity index is 1760. The average molecular weight is 615 g/mol. The van der Waals surface area contributed by atoms with E-state index in [1.807, 2.05) is 36.7 Å². The molecule has 0 aliphatic carbocycles. The van der Waals surface area contributed by atoms with E-state index in [1.165, 1.54) is 24.0 Å². The summed E-state index contributed by atoms with van der Waals surface area (Å²) in [6.07, 6.45) is 15.4. The number of nitrogens with zero attached hydrogens (tertiary/aromatic N) is 3. The quantitative estimate of drug-likeness (QED) is 0.140. The molecular formula is C35H40ClFN6O. The minimum Gasteiger partial charge on any atom is -0.339 e. The minimum atomic E-state index is -0.479. The number of aromatic amines is 2. The van der Waals surface area contributed by atoms with Crippen LogP contribution in [0.5, 0.6) is 0 Å². The van der Waals surface area contributed by atoms with Crippen molar-refractivity contribution in [1.82, 2.24) is 30.0 Å². The van der Waals surface area contributed by atoms with Crippen molar-refractivity contribution in [3.8, 4) is 16.9 Å². The Morgan fingerprint density at radius 2 is 1.89 bits per heavy atom. The lowest BCUT2D eigenvalue weighted by molar-refractivity contribution is 0.308. The zero-order valence-corrected chi connectivity index (χ0v) is 26.1. The summed E-state index contributed by atoms with van der Waals surface area (Å²) in [5, 5.41) is 11.6. The van der Waals surface area contributed by atoms with E-state index in [1.54, 1.807) is 16.8 Å².